The molecular weight excluding hydrogens is 516 g/mol. The first-order valence-corrected chi connectivity index (χ1v) is 12.3. The molecule has 1 fully saturated rings. The number of aromatic amines is 1. The van der Waals surface area contributed by atoms with Gasteiger partial charge in [-0.1, -0.05) is 22.0 Å². The smallest absolute Gasteiger partial charge is 0.356 e. The summed E-state index contributed by atoms with van der Waals surface area (Å²) in [5.74, 6) is 0.885. The lowest BCUT2D eigenvalue weighted by Crippen LogP contribution is -2.52. The van der Waals surface area contributed by atoms with Crippen molar-refractivity contribution in [1.82, 2.24) is 14.8 Å². The molecule has 1 aromatic heterocycles. The normalized spacial score (nSPS) is 16.9. The Morgan fingerprint density at radius 2 is 1.89 bits per heavy atom. The van der Waals surface area contributed by atoms with Gasteiger partial charge in [0.25, 0.3) is 0 Å². The molecule has 1 atom stereocenters. The quantitative estimate of drug-likeness (QED) is 0.459. The molecule has 1 amide bonds. The molecule has 9 nitrogen and oxygen atoms in total. The molecule has 0 bridgehead atoms. The number of anilines is 1. The highest BCUT2D eigenvalue weighted by Gasteiger charge is 2.28. The van der Waals surface area contributed by atoms with Gasteiger partial charge in [0.05, 0.1) is 18.8 Å². The number of rotatable bonds is 6. The number of fused-ring (bicyclic) bond motifs is 2. The number of methoxy groups -OCH3 is 1. The molecule has 2 aliphatic heterocycles. The van der Waals surface area contributed by atoms with Crippen LogP contribution >= 0.6 is 15.9 Å². The van der Waals surface area contributed by atoms with Gasteiger partial charge in [0.2, 0.25) is 12.7 Å². The second-order valence-electron chi connectivity index (χ2n) is 8.72. The first kappa shape index (κ1) is 23.7. The van der Waals surface area contributed by atoms with Crippen molar-refractivity contribution in [3.63, 3.8) is 0 Å². The Balaban J connectivity index is 1.23. The number of piperazine rings is 1. The van der Waals surface area contributed by atoms with Gasteiger partial charge in [0, 0.05) is 48.1 Å². The number of hydrogen-bond donors (Lipinski definition) is 2. The third-order valence-corrected chi connectivity index (χ3v) is 7.07. The summed E-state index contributed by atoms with van der Waals surface area (Å²) in [4.78, 5) is 33.1. The number of amides is 1. The average Bonchev–Trinajstić information content (AvgIpc) is 3.48. The van der Waals surface area contributed by atoms with Crippen molar-refractivity contribution in [2.45, 2.75) is 19.5 Å². The van der Waals surface area contributed by atoms with Crippen LogP contribution in [0.4, 0.5) is 5.69 Å². The van der Waals surface area contributed by atoms with Crippen LogP contribution in [-0.4, -0.2) is 72.8 Å². The van der Waals surface area contributed by atoms with Crippen LogP contribution in [0.15, 0.2) is 40.9 Å². The minimum Gasteiger partial charge on any atom is -0.464 e. The van der Waals surface area contributed by atoms with Crippen molar-refractivity contribution >= 4 is 44.4 Å². The maximum absolute atomic E-state index is 13.2. The first-order valence-electron chi connectivity index (χ1n) is 11.5. The number of H-pyrrole nitrogens is 1. The predicted molar refractivity (Wildman–Crippen MR) is 135 cm³/mol. The number of nitrogens with one attached hydrogen (secondary N) is 2. The van der Waals surface area contributed by atoms with Crippen molar-refractivity contribution in [2.75, 3.05) is 45.4 Å². The molecule has 0 radical (unpaired) electrons. The Morgan fingerprint density at radius 3 is 2.66 bits per heavy atom. The molecule has 0 unspecified atom stereocenters. The van der Waals surface area contributed by atoms with E-state index in [1.807, 2.05) is 37.3 Å². The van der Waals surface area contributed by atoms with E-state index in [-0.39, 0.29) is 24.4 Å². The standard InChI is InChI=1S/C25H27BrN4O5/c1-15(24(31)28-22-18-12-17(26)4-5-19(18)27-23(22)25(32)33-2)30-9-7-29(8-10-30)13-16-3-6-20-21(11-16)35-14-34-20/h3-6,11-12,15,27H,7-10,13-14H2,1-2H3,(H,28,31)/t15-/m1/s1. The van der Waals surface area contributed by atoms with E-state index >= 15 is 0 Å². The van der Waals surface area contributed by atoms with E-state index in [1.54, 1.807) is 0 Å². The number of aromatic nitrogens is 1. The molecule has 3 aromatic rings. The third kappa shape index (κ3) is 4.86. The fourth-order valence-corrected chi connectivity index (χ4v) is 4.91. The number of ether oxygens (including phenoxy) is 3. The minimum atomic E-state index is -0.530. The van der Waals surface area contributed by atoms with Crippen LogP contribution in [0.3, 0.4) is 0 Å². The summed E-state index contributed by atoms with van der Waals surface area (Å²) in [5, 5.41) is 3.72. The second-order valence-corrected chi connectivity index (χ2v) is 9.64. The molecule has 184 valence electrons. The van der Waals surface area contributed by atoms with Crippen molar-refractivity contribution in [3.05, 3.63) is 52.1 Å². The first-order chi connectivity index (χ1) is 16.9. The molecule has 0 saturated carbocycles. The monoisotopic (exact) mass is 542 g/mol. The van der Waals surface area contributed by atoms with Gasteiger partial charge in [-0.05, 0) is 42.8 Å². The Labute approximate surface area is 211 Å². The molecule has 10 heteroatoms. The zero-order chi connectivity index (χ0) is 24.5. The largest absolute Gasteiger partial charge is 0.464 e. The van der Waals surface area contributed by atoms with E-state index in [9.17, 15) is 9.59 Å². The molecule has 5 rings (SSSR count). The van der Waals surface area contributed by atoms with Crippen LogP contribution in [-0.2, 0) is 16.1 Å². The molecule has 1 saturated heterocycles. The summed E-state index contributed by atoms with van der Waals surface area (Å²) in [6.45, 7) is 6.21. The summed E-state index contributed by atoms with van der Waals surface area (Å²) in [6.07, 6.45) is 0. The summed E-state index contributed by atoms with van der Waals surface area (Å²) in [7, 11) is 1.32. The van der Waals surface area contributed by atoms with Gasteiger partial charge in [-0.2, -0.15) is 0 Å². The van der Waals surface area contributed by atoms with Crippen LogP contribution in [0.25, 0.3) is 10.9 Å². The number of hydrogen-bond acceptors (Lipinski definition) is 7. The highest BCUT2D eigenvalue weighted by Crippen LogP contribution is 2.33. The van der Waals surface area contributed by atoms with Gasteiger partial charge in [-0.3, -0.25) is 14.6 Å². The molecule has 0 aliphatic carbocycles. The number of halogens is 1. The molecule has 0 spiro atoms. The zero-order valence-electron chi connectivity index (χ0n) is 19.6. The van der Waals surface area contributed by atoms with E-state index in [2.05, 4.69) is 42.1 Å². The van der Waals surface area contributed by atoms with Crippen LogP contribution in [0.5, 0.6) is 11.5 Å². The number of carbonyl (C=O) groups is 2. The van der Waals surface area contributed by atoms with E-state index in [0.717, 1.165) is 59.6 Å². The third-order valence-electron chi connectivity index (χ3n) is 6.58. The van der Waals surface area contributed by atoms with Gasteiger partial charge in [-0.25, -0.2) is 4.79 Å². The van der Waals surface area contributed by atoms with Crippen LogP contribution in [0.1, 0.15) is 23.0 Å². The summed E-state index contributed by atoms with van der Waals surface area (Å²) >= 11 is 3.46. The lowest BCUT2D eigenvalue weighted by atomic mass is 10.1. The predicted octanol–water partition coefficient (Wildman–Crippen LogP) is 3.59. The van der Waals surface area contributed by atoms with Gasteiger partial charge < -0.3 is 24.5 Å². The summed E-state index contributed by atoms with van der Waals surface area (Å²) < 4.78 is 16.6. The maximum Gasteiger partial charge on any atom is 0.356 e. The Morgan fingerprint density at radius 1 is 1.11 bits per heavy atom. The fourth-order valence-electron chi connectivity index (χ4n) is 4.55. The van der Waals surface area contributed by atoms with Crippen LogP contribution < -0.4 is 14.8 Å². The second kappa shape index (κ2) is 9.88. The SMILES string of the molecule is COC(=O)c1[nH]c2ccc(Br)cc2c1NC(=O)[C@@H](C)N1CCN(Cc2ccc3c(c2)OCO3)CC1. The van der Waals surface area contributed by atoms with Gasteiger partial charge in [-0.15, -0.1) is 0 Å². The van der Waals surface area contributed by atoms with E-state index in [4.69, 9.17) is 14.2 Å². The molecular formula is C25H27BrN4O5. The Hall–Kier alpha value is -3.08. The lowest BCUT2D eigenvalue weighted by molar-refractivity contribution is -0.121. The van der Waals surface area contributed by atoms with E-state index in [0.29, 0.717) is 5.69 Å². The average molecular weight is 543 g/mol. The molecule has 2 aromatic carbocycles. The maximum atomic E-state index is 13.2. The van der Waals surface area contributed by atoms with E-state index < -0.39 is 5.97 Å². The fraction of sp³-hybridized carbons (Fsp3) is 0.360. The minimum absolute atomic E-state index is 0.166. The van der Waals surface area contributed by atoms with Crippen molar-refractivity contribution in [1.29, 1.82) is 0 Å². The molecule has 2 N–H and O–H groups in total. The summed E-state index contributed by atoms with van der Waals surface area (Å²) in [6, 6.07) is 11.3. The van der Waals surface area contributed by atoms with Crippen LogP contribution in [0.2, 0.25) is 0 Å². The highest BCUT2D eigenvalue weighted by atomic mass is 79.9. The number of benzene rings is 2. The lowest BCUT2D eigenvalue weighted by Gasteiger charge is -2.37. The Bertz CT molecular complexity index is 1270. The molecule has 35 heavy (non-hydrogen) atoms. The molecule has 3 heterocycles. The van der Waals surface area contributed by atoms with Gasteiger partial charge in [0.1, 0.15) is 5.69 Å². The van der Waals surface area contributed by atoms with E-state index in [1.165, 1.54) is 12.7 Å². The topological polar surface area (TPSA) is 96.1 Å². The van der Waals surface area contributed by atoms with Crippen molar-refractivity contribution in [2.24, 2.45) is 0 Å². The zero-order valence-corrected chi connectivity index (χ0v) is 21.2. The summed E-state index contributed by atoms with van der Waals surface area (Å²) in [5.41, 5.74) is 2.59. The number of nitrogens with zero attached hydrogens (tertiary/aromatic N) is 2. The number of carbonyl (C=O) groups excluding carboxylic acids is 2. The van der Waals surface area contributed by atoms with Crippen molar-refractivity contribution < 1.29 is 23.8 Å². The van der Waals surface area contributed by atoms with Crippen LogP contribution in [0, 0.1) is 0 Å². The van der Waals surface area contributed by atoms with Gasteiger partial charge >= 0.3 is 5.97 Å². The Kier molecular flexibility index (Phi) is 6.68. The number of esters is 1. The van der Waals surface area contributed by atoms with Gasteiger partial charge in [0.15, 0.2) is 11.5 Å². The highest BCUT2D eigenvalue weighted by molar-refractivity contribution is 9.10. The molecule has 2 aliphatic rings. The van der Waals surface area contributed by atoms with Crippen molar-refractivity contribution in [3.8, 4) is 11.5 Å².